The van der Waals surface area contributed by atoms with Crippen LogP contribution in [0.5, 0.6) is 11.5 Å². The molecule has 0 spiro atoms. The highest BCUT2D eigenvalue weighted by molar-refractivity contribution is 6.07. The summed E-state index contributed by atoms with van der Waals surface area (Å²) in [6.45, 7) is 1.79. The highest BCUT2D eigenvalue weighted by Gasteiger charge is 2.24. The van der Waals surface area contributed by atoms with Crippen LogP contribution in [0.4, 0.5) is 0 Å². The summed E-state index contributed by atoms with van der Waals surface area (Å²) in [5.74, 6) is -3.15. The largest absolute Gasteiger partial charge is 0.507 e. The predicted molar refractivity (Wildman–Crippen MR) is 90.3 cm³/mol. The number of phenolic OH excluding ortho intramolecular Hbond substituents is 2. The molecule has 2 aromatic rings. The predicted octanol–water partition coefficient (Wildman–Crippen LogP) is 1.93. The molecule has 0 heterocycles. The lowest BCUT2D eigenvalue weighted by Crippen LogP contribution is -2.12. The van der Waals surface area contributed by atoms with Crippen LogP contribution in [0.2, 0.25) is 0 Å². The molecule has 2 N–H and O–H groups in total. The summed E-state index contributed by atoms with van der Waals surface area (Å²) in [5.41, 5.74) is -0.0650. The number of hydrogen-bond donors (Lipinski definition) is 2. The second-order valence-corrected chi connectivity index (χ2v) is 5.32. The van der Waals surface area contributed by atoms with Crippen molar-refractivity contribution in [3.8, 4) is 11.5 Å². The monoisotopic (exact) mass is 362 g/mol. The highest BCUT2D eigenvalue weighted by atomic mass is 16.5. The molecular weight excluding hydrogens is 344 g/mol. The summed E-state index contributed by atoms with van der Waals surface area (Å²) in [5, 5.41) is 20.9. The van der Waals surface area contributed by atoms with Gasteiger partial charge in [-0.2, -0.15) is 0 Å². The Kier molecular flexibility index (Phi) is 5.66. The number of aromatic hydroxyl groups is 2. The van der Waals surface area contributed by atoms with E-state index in [9.17, 15) is 24.6 Å². The Bertz CT molecular complexity index is 885. The first kappa shape index (κ1) is 19.0. The SMILES string of the molecule is CCOC(=O)c1cc(O)c2c(O)c(C(=O)OC)c(CC(=O)OC)cc2c1. The van der Waals surface area contributed by atoms with E-state index in [-0.39, 0.29) is 40.5 Å². The standard InChI is InChI=1S/C18H18O8/c1-4-26-17(22)11-6-9-5-10(8-13(20)24-2)15(18(23)25-3)16(21)14(9)12(19)7-11/h5-7,19,21H,4,8H2,1-3H3. The molecule has 2 rings (SSSR count). The Morgan fingerprint density at radius 1 is 1.00 bits per heavy atom. The molecule has 0 atom stereocenters. The van der Waals surface area contributed by atoms with Crippen molar-refractivity contribution >= 4 is 28.7 Å². The number of rotatable bonds is 5. The number of carbonyl (C=O) groups is 3. The van der Waals surface area contributed by atoms with Gasteiger partial charge in [0.05, 0.1) is 38.2 Å². The molecule has 0 aromatic heterocycles. The molecule has 0 saturated heterocycles. The second kappa shape index (κ2) is 7.73. The summed E-state index contributed by atoms with van der Waals surface area (Å²) < 4.78 is 14.1. The number of methoxy groups -OCH3 is 2. The Balaban J connectivity index is 2.76. The first-order valence-corrected chi connectivity index (χ1v) is 7.67. The number of benzene rings is 2. The molecule has 8 heteroatoms. The van der Waals surface area contributed by atoms with Gasteiger partial charge in [-0.3, -0.25) is 4.79 Å². The normalized spacial score (nSPS) is 10.4. The third-order valence-corrected chi connectivity index (χ3v) is 3.74. The van der Waals surface area contributed by atoms with Gasteiger partial charge < -0.3 is 24.4 Å². The molecule has 8 nitrogen and oxygen atoms in total. The van der Waals surface area contributed by atoms with Gasteiger partial charge in [-0.05, 0) is 36.1 Å². The lowest BCUT2D eigenvalue weighted by molar-refractivity contribution is -0.139. The first-order valence-electron chi connectivity index (χ1n) is 7.67. The Hall–Kier alpha value is -3.29. The van der Waals surface area contributed by atoms with Crippen LogP contribution >= 0.6 is 0 Å². The molecular formula is C18H18O8. The third-order valence-electron chi connectivity index (χ3n) is 3.74. The maximum Gasteiger partial charge on any atom is 0.341 e. The van der Waals surface area contributed by atoms with Crippen molar-refractivity contribution in [3.63, 3.8) is 0 Å². The fraction of sp³-hybridized carbons (Fsp3) is 0.278. The number of hydrogen-bond acceptors (Lipinski definition) is 8. The summed E-state index contributed by atoms with van der Waals surface area (Å²) in [7, 11) is 2.31. The van der Waals surface area contributed by atoms with Crippen molar-refractivity contribution in [1.29, 1.82) is 0 Å². The topological polar surface area (TPSA) is 119 Å². The fourth-order valence-corrected chi connectivity index (χ4v) is 2.59. The molecule has 0 fully saturated rings. The number of ether oxygens (including phenoxy) is 3. The van der Waals surface area contributed by atoms with E-state index in [2.05, 4.69) is 9.47 Å². The van der Waals surface area contributed by atoms with Crippen molar-refractivity contribution in [2.45, 2.75) is 13.3 Å². The minimum Gasteiger partial charge on any atom is -0.507 e. The van der Waals surface area contributed by atoms with E-state index < -0.39 is 29.4 Å². The Morgan fingerprint density at radius 2 is 1.69 bits per heavy atom. The molecule has 0 radical (unpaired) electrons. The number of esters is 3. The van der Waals surface area contributed by atoms with Crippen LogP contribution in [-0.2, 0) is 25.4 Å². The zero-order valence-corrected chi connectivity index (χ0v) is 14.5. The van der Waals surface area contributed by atoms with Crippen LogP contribution in [0.15, 0.2) is 18.2 Å². The highest BCUT2D eigenvalue weighted by Crippen LogP contribution is 2.39. The molecule has 0 bridgehead atoms. The average molecular weight is 362 g/mol. The van der Waals surface area contributed by atoms with E-state index in [0.29, 0.717) is 0 Å². The average Bonchev–Trinajstić information content (AvgIpc) is 2.60. The van der Waals surface area contributed by atoms with Crippen molar-refractivity contribution in [2.24, 2.45) is 0 Å². The smallest absolute Gasteiger partial charge is 0.341 e. The molecule has 2 aromatic carbocycles. The van der Waals surface area contributed by atoms with Crippen LogP contribution in [0.25, 0.3) is 10.8 Å². The summed E-state index contributed by atoms with van der Waals surface area (Å²) in [6.07, 6.45) is -0.311. The maximum absolute atomic E-state index is 12.1. The molecule has 0 aliphatic heterocycles. The van der Waals surface area contributed by atoms with Crippen LogP contribution in [-0.4, -0.2) is 48.9 Å². The van der Waals surface area contributed by atoms with Crippen LogP contribution in [0, 0.1) is 0 Å². The molecule has 26 heavy (non-hydrogen) atoms. The van der Waals surface area contributed by atoms with Gasteiger partial charge in [-0.25, -0.2) is 9.59 Å². The third kappa shape index (κ3) is 3.53. The molecule has 0 amide bonds. The summed E-state index contributed by atoms with van der Waals surface area (Å²) >= 11 is 0. The lowest BCUT2D eigenvalue weighted by atomic mass is 9.95. The maximum atomic E-state index is 12.1. The molecule has 0 aliphatic rings. The molecule has 0 aliphatic carbocycles. The lowest BCUT2D eigenvalue weighted by Gasteiger charge is -2.14. The van der Waals surface area contributed by atoms with Crippen molar-refractivity contribution < 1.29 is 38.8 Å². The van der Waals surface area contributed by atoms with Gasteiger partial charge in [0.25, 0.3) is 0 Å². The Morgan fingerprint density at radius 3 is 2.27 bits per heavy atom. The van der Waals surface area contributed by atoms with Crippen LogP contribution < -0.4 is 0 Å². The van der Waals surface area contributed by atoms with Gasteiger partial charge in [0, 0.05) is 0 Å². The minimum absolute atomic E-state index is 0.0490. The van der Waals surface area contributed by atoms with E-state index >= 15 is 0 Å². The zero-order chi connectivity index (χ0) is 19.4. The number of phenols is 2. The van der Waals surface area contributed by atoms with Crippen molar-refractivity contribution in [3.05, 3.63) is 34.9 Å². The Labute approximate surface area is 148 Å². The van der Waals surface area contributed by atoms with Gasteiger partial charge in [0.1, 0.15) is 17.1 Å². The van der Waals surface area contributed by atoms with Crippen LogP contribution in [0.1, 0.15) is 33.2 Å². The van der Waals surface area contributed by atoms with Gasteiger partial charge in [-0.1, -0.05) is 0 Å². The van der Waals surface area contributed by atoms with Gasteiger partial charge in [0.15, 0.2) is 0 Å². The van der Waals surface area contributed by atoms with Crippen LogP contribution in [0.3, 0.4) is 0 Å². The van der Waals surface area contributed by atoms with E-state index in [0.717, 1.165) is 13.2 Å². The van der Waals surface area contributed by atoms with E-state index in [1.807, 2.05) is 0 Å². The van der Waals surface area contributed by atoms with Gasteiger partial charge in [0.2, 0.25) is 0 Å². The van der Waals surface area contributed by atoms with E-state index in [1.165, 1.54) is 19.2 Å². The number of carbonyl (C=O) groups excluding carboxylic acids is 3. The van der Waals surface area contributed by atoms with Gasteiger partial charge in [-0.15, -0.1) is 0 Å². The number of fused-ring (bicyclic) bond motifs is 1. The van der Waals surface area contributed by atoms with E-state index in [1.54, 1.807) is 6.92 Å². The molecule has 0 saturated carbocycles. The van der Waals surface area contributed by atoms with Crippen molar-refractivity contribution in [1.82, 2.24) is 0 Å². The molecule has 0 unspecified atom stereocenters. The van der Waals surface area contributed by atoms with Gasteiger partial charge >= 0.3 is 17.9 Å². The quantitative estimate of drug-likeness (QED) is 0.612. The first-order chi connectivity index (χ1) is 12.3. The van der Waals surface area contributed by atoms with Crippen molar-refractivity contribution in [2.75, 3.05) is 20.8 Å². The second-order valence-electron chi connectivity index (χ2n) is 5.32. The van der Waals surface area contributed by atoms with E-state index in [4.69, 9.17) is 4.74 Å². The fourth-order valence-electron chi connectivity index (χ4n) is 2.59. The summed E-state index contributed by atoms with van der Waals surface area (Å²) in [4.78, 5) is 35.6. The summed E-state index contributed by atoms with van der Waals surface area (Å²) in [6, 6.07) is 3.91. The minimum atomic E-state index is -0.878. The zero-order valence-electron chi connectivity index (χ0n) is 14.5. The molecule has 138 valence electrons.